The maximum atomic E-state index is 9.99. The van der Waals surface area contributed by atoms with Gasteiger partial charge >= 0.3 is 0 Å². The molecule has 2 aromatic rings. The molecule has 0 saturated carbocycles. The number of aliphatic hydroxyl groups is 1. The van der Waals surface area contributed by atoms with E-state index in [9.17, 15) is 5.11 Å². The van der Waals surface area contributed by atoms with Crippen LogP contribution < -0.4 is 4.74 Å². The van der Waals surface area contributed by atoms with Crippen LogP contribution in [-0.4, -0.2) is 5.11 Å². The predicted octanol–water partition coefficient (Wildman–Crippen LogP) is 5.57. The van der Waals surface area contributed by atoms with E-state index in [-0.39, 0.29) is 0 Å². The molecule has 23 heavy (non-hydrogen) atoms. The van der Waals surface area contributed by atoms with Gasteiger partial charge in [-0.3, -0.25) is 0 Å². The standard InChI is InChI=1S/C21H28O2/c1-14(2)19-11-18(16(5)22)12-20(15(3)4)21(19)23-13-17-9-7-6-8-10-17/h6-12,14-16,22H,13H2,1-5H3. The van der Waals surface area contributed by atoms with E-state index < -0.39 is 6.10 Å². The fourth-order valence-electron chi connectivity index (χ4n) is 2.69. The Bertz CT molecular complexity index is 599. The molecule has 0 amide bonds. The third kappa shape index (κ3) is 4.35. The second-order valence-electron chi connectivity index (χ2n) is 6.79. The molecule has 2 aromatic carbocycles. The maximum absolute atomic E-state index is 9.99. The zero-order valence-electron chi connectivity index (χ0n) is 14.8. The lowest BCUT2D eigenvalue weighted by atomic mass is 9.90. The van der Waals surface area contributed by atoms with Crippen molar-refractivity contribution in [3.63, 3.8) is 0 Å². The van der Waals surface area contributed by atoms with Gasteiger partial charge in [-0.1, -0.05) is 58.0 Å². The van der Waals surface area contributed by atoms with Gasteiger partial charge in [0, 0.05) is 0 Å². The fourth-order valence-corrected chi connectivity index (χ4v) is 2.69. The van der Waals surface area contributed by atoms with Gasteiger partial charge in [0.2, 0.25) is 0 Å². The van der Waals surface area contributed by atoms with Gasteiger partial charge in [-0.05, 0) is 53.1 Å². The summed E-state index contributed by atoms with van der Waals surface area (Å²) >= 11 is 0. The van der Waals surface area contributed by atoms with Crippen LogP contribution in [-0.2, 0) is 6.61 Å². The lowest BCUT2D eigenvalue weighted by Crippen LogP contribution is -2.07. The van der Waals surface area contributed by atoms with E-state index >= 15 is 0 Å². The van der Waals surface area contributed by atoms with Gasteiger partial charge in [-0.2, -0.15) is 0 Å². The molecule has 0 aliphatic carbocycles. The zero-order valence-corrected chi connectivity index (χ0v) is 14.8. The SMILES string of the molecule is CC(C)c1cc(C(C)O)cc(C(C)C)c1OCc1ccccc1. The Hall–Kier alpha value is -1.80. The molecule has 1 atom stereocenters. The Kier molecular flexibility index (Phi) is 5.84. The summed E-state index contributed by atoms with van der Waals surface area (Å²) in [4.78, 5) is 0. The third-order valence-electron chi connectivity index (χ3n) is 4.12. The molecule has 0 aliphatic heterocycles. The third-order valence-corrected chi connectivity index (χ3v) is 4.12. The minimum atomic E-state index is -0.465. The molecule has 2 nitrogen and oxygen atoms in total. The van der Waals surface area contributed by atoms with E-state index in [1.807, 2.05) is 25.1 Å². The van der Waals surface area contributed by atoms with Crippen molar-refractivity contribution in [3.05, 3.63) is 64.7 Å². The summed E-state index contributed by atoms with van der Waals surface area (Å²) in [5.74, 6) is 1.66. The van der Waals surface area contributed by atoms with Crippen molar-refractivity contribution in [1.29, 1.82) is 0 Å². The summed E-state index contributed by atoms with van der Waals surface area (Å²) < 4.78 is 6.23. The van der Waals surface area contributed by atoms with Crippen LogP contribution in [0.2, 0.25) is 0 Å². The molecule has 0 heterocycles. The molecule has 2 rings (SSSR count). The number of aliphatic hydroxyl groups excluding tert-OH is 1. The summed E-state index contributed by atoms with van der Waals surface area (Å²) in [7, 11) is 0. The van der Waals surface area contributed by atoms with Gasteiger partial charge in [0.25, 0.3) is 0 Å². The molecule has 1 N–H and O–H groups in total. The molecular formula is C21H28O2. The maximum Gasteiger partial charge on any atom is 0.126 e. The van der Waals surface area contributed by atoms with Crippen LogP contribution in [0.25, 0.3) is 0 Å². The first-order valence-electron chi connectivity index (χ1n) is 8.42. The van der Waals surface area contributed by atoms with Crippen LogP contribution in [0.1, 0.15) is 74.8 Å². The van der Waals surface area contributed by atoms with Crippen molar-refractivity contribution in [3.8, 4) is 5.75 Å². The van der Waals surface area contributed by atoms with Crippen molar-refractivity contribution >= 4 is 0 Å². The highest BCUT2D eigenvalue weighted by atomic mass is 16.5. The lowest BCUT2D eigenvalue weighted by Gasteiger charge is -2.22. The van der Waals surface area contributed by atoms with E-state index in [2.05, 4.69) is 52.0 Å². The largest absolute Gasteiger partial charge is 0.488 e. The number of rotatable bonds is 6. The van der Waals surface area contributed by atoms with Gasteiger partial charge in [0.05, 0.1) is 6.10 Å². The van der Waals surface area contributed by atoms with Crippen LogP contribution in [0.4, 0.5) is 0 Å². The van der Waals surface area contributed by atoms with Crippen LogP contribution in [0.3, 0.4) is 0 Å². The van der Waals surface area contributed by atoms with Gasteiger partial charge in [0.15, 0.2) is 0 Å². The van der Waals surface area contributed by atoms with Gasteiger partial charge in [-0.15, -0.1) is 0 Å². The van der Waals surface area contributed by atoms with Crippen molar-refractivity contribution < 1.29 is 9.84 Å². The number of ether oxygens (including phenoxy) is 1. The first-order valence-corrected chi connectivity index (χ1v) is 8.42. The quantitative estimate of drug-likeness (QED) is 0.756. The average Bonchev–Trinajstić information content (AvgIpc) is 2.52. The smallest absolute Gasteiger partial charge is 0.126 e. The monoisotopic (exact) mass is 312 g/mol. The fraction of sp³-hybridized carbons (Fsp3) is 0.429. The summed E-state index contributed by atoms with van der Waals surface area (Å²) in [5, 5.41) is 9.99. The second kappa shape index (κ2) is 7.65. The Balaban J connectivity index is 2.42. The van der Waals surface area contributed by atoms with Gasteiger partial charge in [0.1, 0.15) is 12.4 Å². The molecule has 2 heteroatoms. The number of hydrogen-bond donors (Lipinski definition) is 1. The second-order valence-corrected chi connectivity index (χ2v) is 6.79. The van der Waals surface area contributed by atoms with E-state index in [4.69, 9.17) is 4.74 Å². The molecule has 124 valence electrons. The van der Waals surface area contributed by atoms with Crippen molar-refractivity contribution in [2.45, 2.75) is 59.2 Å². The highest BCUT2D eigenvalue weighted by molar-refractivity contribution is 5.48. The minimum Gasteiger partial charge on any atom is -0.488 e. The average molecular weight is 312 g/mol. The number of hydrogen-bond acceptors (Lipinski definition) is 2. The molecule has 0 radical (unpaired) electrons. The molecular weight excluding hydrogens is 284 g/mol. The predicted molar refractivity (Wildman–Crippen MR) is 96.0 cm³/mol. The molecule has 0 aliphatic rings. The first kappa shape index (κ1) is 17.6. The Morgan fingerprint density at radius 1 is 0.870 bits per heavy atom. The lowest BCUT2D eigenvalue weighted by molar-refractivity contribution is 0.198. The molecule has 0 saturated heterocycles. The molecule has 0 fully saturated rings. The van der Waals surface area contributed by atoms with Crippen LogP contribution >= 0.6 is 0 Å². The van der Waals surface area contributed by atoms with E-state index in [0.29, 0.717) is 18.4 Å². The highest BCUT2D eigenvalue weighted by Gasteiger charge is 2.18. The van der Waals surface area contributed by atoms with Gasteiger partial charge < -0.3 is 9.84 Å². The van der Waals surface area contributed by atoms with Gasteiger partial charge in [-0.25, -0.2) is 0 Å². The van der Waals surface area contributed by atoms with Crippen molar-refractivity contribution in [2.24, 2.45) is 0 Å². The van der Waals surface area contributed by atoms with Crippen LogP contribution in [0.15, 0.2) is 42.5 Å². The van der Waals surface area contributed by atoms with E-state index in [0.717, 1.165) is 16.9 Å². The normalized spacial score (nSPS) is 12.7. The topological polar surface area (TPSA) is 29.5 Å². The molecule has 1 unspecified atom stereocenters. The highest BCUT2D eigenvalue weighted by Crippen LogP contribution is 2.37. The van der Waals surface area contributed by atoms with E-state index in [1.165, 1.54) is 11.1 Å². The van der Waals surface area contributed by atoms with Crippen molar-refractivity contribution in [1.82, 2.24) is 0 Å². The summed E-state index contributed by atoms with van der Waals surface area (Å²) in [5.41, 5.74) is 4.46. The van der Waals surface area contributed by atoms with E-state index in [1.54, 1.807) is 0 Å². The summed E-state index contributed by atoms with van der Waals surface area (Å²) in [6.45, 7) is 11.0. The Morgan fingerprint density at radius 3 is 1.83 bits per heavy atom. The minimum absolute atomic E-state index is 0.344. The first-order chi connectivity index (χ1) is 10.9. The number of benzene rings is 2. The summed E-state index contributed by atoms with van der Waals surface area (Å²) in [6.07, 6.45) is -0.465. The van der Waals surface area contributed by atoms with Crippen LogP contribution in [0.5, 0.6) is 5.75 Å². The Labute approximate surface area is 140 Å². The zero-order chi connectivity index (χ0) is 17.0. The molecule has 0 bridgehead atoms. The molecule has 0 spiro atoms. The molecule has 0 aromatic heterocycles. The van der Waals surface area contributed by atoms with Crippen molar-refractivity contribution in [2.75, 3.05) is 0 Å². The Morgan fingerprint density at radius 2 is 1.39 bits per heavy atom. The summed E-state index contributed by atoms with van der Waals surface area (Å²) in [6, 6.07) is 14.4. The van der Waals surface area contributed by atoms with Crippen LogP contribution in [0, 0.1) is 0 Å².